The molecule has 0 unspecified atom stereocenters. The zero-order valence-electron chi connectivity index (χ0n) is 16.3. The number of carbonyl (C=O) groups excluding carboxylic acids is 3. The van der Waals surface area contributed by atoms with Gasteiger partial charge in [0, 0.05) is 5.69 Å². The number of anilines is 3. The number of hydrogen-bond donors (Lipinski definition) is 2. The quantitative estimate of drug-likeness (QED) is 0.833. The van der Waals surface area contributed by atoms with E-state index >= 15 is 0 Å². The molecule has 0 spiro atoms. The molecular weight excluding hydrogens is 374 g/mol. The van der Waals surface area contributed by atoms with Crippen LogP contribution >= 0.6 is 0 Å². The van der Waals surface area contributed by atoms with Crippen LogP contribution in [0, 0.1) is 0 Å². The largest absolute Gasteiger partial charge is 0.479 e. The molecule has 0 aliphatic carbocycles. The highest BCUT2D eigenvalue weighted by molar-refractivity contribution is 6.08. The Kier molecular flexibility index (Phi) is 4.62. The molecule has 2 aliphatic rings. The van der Waals surface area contributed by atoms with E-state index in [2.05, 4.69) is 10.6 Å². The van der Waals surface area contributed by atoms with E-state index in [-0.39, 0.29) is 17.7 Å². The van der Waals surface area contributed by atoms with Crippen LogP contribution in [-0.4, -0.2) is 36.0 Å². The van der Waals surface area contributed by atoms with Gasteiger partial charge in [0.15, 0.2) is 12.2 Å². The number of amides is 3. The minimum absolute atomic E-state index is 0.251. The van der Waals surface area contributed by atoms with Crippen LogP contribution in [0.5, 0.6) is 11.5 Å². The fourth-order valence-electron chi connectivity index (χ4n) is 3.36. The number of fused-ring (bicyclic) bond motifs is 2. The van der Waals surface area contributed by atoms with Crippen molar-refractivity contribution in [1.82, 2.24) is 0 Å². The molecule has 0 fully saturated rings. The summed E-state index contributed by atoms with van der Waals surface area (Å²) in [7, 11) is 0. The Morgan fingerprint density at radius 2 is 1.79 bits per heavy atom. The van der Waals surface area contributed by atoms with Gasteiger partial charge in [0.1, 0.15) is 17.5 Å². The van der Waals surface area contributed by atoms with Gasteiger partial charge in [-0.3, -0.25) is 19.3 Å². The van der Waals surface area contributed by atoms with Gasteiger partial charge >= 0.3 is 0 Å². The number of nitrogens with one attached hydrogen (secondary N) is 2. The molecular formula is C21H21N3O5. The van der Waals surface area contributed by atoms with Crippen LogP contribution in [0.15, 0.2) is 42.5 Å². The molecule has 8 nitrogen and oxygen atoms in total. The van der Waals surface area contributed by atoms with Gasteiger partial charge in [-0.05, 0) is 51.1 Å². The maximum atomic E-state index is 12.9. The molecule has 2 N–H and O–H groups in total. The van der Waals surface area contributed by atoms with Crippen LogP contribution in [0.25, 0.3) is 0 Å². The van der Waals surface area contributed by atoms with E-state index in [0.717, 1.165) is 0 Å². The average Bonchev–Trinajstić information content (AvgIpc) is 2.69. The van der Waals surface area contributed by atoms with Crippen LogP contribution in [0.3, 0.4) is 0 Å². The number of para-hydroxylation sites is 2. The number of ether oxygens (including phenoxy) is 2. The fraction of sp³-hybridized carbons (Fsp3) is 0.286. The molecule has 4 rings (SSSR count). The molecule has 3 amide bonds. The van der Waals surface area contributed by atoms with Crippen molar-refractivity contribution < 1.29 is 23.9 Å². The van der Waals surface area contributed by atoms with Crippen LogP contribution < -0.4 is 25.0 Å². The first kappa shape index (κ1) is 18.8. The van der Waals surface area contributed by atoms with Crippen LogP contribution in [0.4, 0.5) is 17.1 Å². The van der Waals surface area contributed by atoms with E-state index in [0.29, 0.717) is 28.6 Å². The second-order valence-corrected chi connectivity index (χ2v) is 7.06. The van der Waals surface area contributed by atoms with Gasteiger partial charge in [0.25, 0.3) is 11.8 Å². The van der Waals surface area contributed by atoms with Crippen LogP contribution in [0.2, 0.25) is 0 Å². The summed E-state index contributed by atoms with van der Waals surface area (Å²) < 4.78 is 11.1. The molecule has 0 aromatic heterocycles. The number of rotatable bonds is 3. The molecule has 2 heterocycles. The molecule has 2 aromatic rings. The van der Waals surface area contributed by atoms with Crippen molar-refractivity contribution in [2.75, 3.05) is 15.5 Å². The van der Waals surface area contributed by atoms with Crippen molar-refractivity contribution in [3.05, 3.63) is 42.5 Å². The van der Waals surface area contributed by atoms with Crippen molar-refractivity contribution in [1.29, 1.82) is 0 Å². The number of benzene rings is 2. The average molecular weight is 395 g/mol. The lowest BCUT2D eigenvalue weighted by Gasteiger charge is -2.36. The minimum Gasteiger partial charge on any atom is -0.479 e. The SMILES string of the molecule is C[C@@H]1Oc2ccc(NC(=O)[C@H](C)N3C(=O)[C@@H](C)Oc4ccccc43)cc2NC1=O. The number of carbonyl (C=O) groups is 3. The second kappa shape index (κ2) is 7.12. The maximum absolute atomic E-state index is 12.9. The Bertz CT molecular complexity index is 1010. The lowest BCUT2D eigenvalue weighted by Crippen LogP contribution is -2.52. The Morgan fingerprint density at radius 3 is 2.59 bits per heavy atom. The van der Waals surface area contributed by atoms with E-state index in [9.17, 15) is 14.4 Å². The molecule has 150 valence electrons. The number of nitrogens with zero attached hydrogens (tertiary/aromatic N) is 1. The molecule has 0 bridgehead atoms. The molecule has 0 saturated heterocycles. The molecule has 2 aliphatic heterocycles. The molecule has 3 atom stereocenters. The molecule has 0 saturated carbocycles. The molecule has 2 aromatic carbocycles. The normalized spacial score (nSPS) is 21.1. The van der Waals surface area contributed by atoms with E-state index in [4.69, 9.17) is 9.47 Å². The summed E-state index contributed by atoms with van der Waals surface area (Å²) in [6.07, 6.45) is -1.25. The first-order valence-electron chi connectivity index (χ1n) is 9.36. The van der Waals surface area contributed by atoms with E-state index in [1.165, 1.54) is 4.90 Å². The van der Waals surface area contributed by atoms with Crippen molar-refractivity contribution in [3.8, 4) is 11.5 Å². The Morgan fingerprint density at radius 1 is 1.07 bits per heavy atom. The first-order chi connectivity index (χ1) is 13.8. The summed E-state index contributed by atoms with van der Waals surface area (Å²) in [6.45, 7) is 4.98. The van der Waals surface area contributed by atoms with Gasteiger partial charge < -0.3 is 20.1 Å². The summed E-state index contributed by atoms with van der Waals surface area (Å²) >= 11 is 0. The highest BCUT2D eigenvalue weighted by atomic mass is 16.5. The van der Waals surface area contributed by atoms with E-state index in [1.807, 2.05) is 6.07 Å². The third-order valence-corrected chi connectivity index (χ3v) is 4.96. The summed E-state index contributed by atoms with van der Waals surface area (Å²) in [6, 6.07) is 11.3. The third kappa shape index (κ3) is 3.37. The summed E-state index contributed by atoms with van der Waals surface area (Å²) in [5, 5.41) is 5.55. The summed E-state index contributed by atoms with van der Waals surface area (Å²) in [5.74, 6) is 0.195. The molecule has 29 heavy (non-hydrogen) atoms. The molecule has 0 radical (unpaired) electrons. The Balaban J connectivity index is 1.56. The van der Waals surface area contributed by atoms with Gasteiger partial charge in [-0.25, -0.2) is 0 Å². The Labute approximate surface area is 167 Å². The zero-order chi connectivity index (χ0) is 20.7. The first-order valence-corrected chi connectivity index (χ1v) is 9.36. The zero-order valence-corrected chi connectivity index (χ0v) is 16.3. The number of hydrogen-bond acceptors (Lipinski definition) is 5. The van der Waals surface area contributed by atoms with Crippen LogP contribution in [-0.2, 0) is 14.4 Å². The van der Waals surface area contributed by atoms with Gasteiger partial charge in [0.2, 0.25) is 5.91 Å². The van der Waals surface area contributed by atoms with Gasteiger partial charge in [-0.2, -0.15) is 0 Å². The second-order valence-electron chi connectivity index (χ2n) is 7.06. The van der Waals surface area contributed by atoms with Crippen molar-refractivity contribution in [2.24, 2.45) is 0 Å². The standard InChI is InChI=1S/C21H21N3O5/c1-11(24-16-6-4-5-7-18(16)29-13(3)21(24)27)19(25)22-14-8-9-17-15(10-14)23-20(26)12(2)28-17/h4-13H,1-3H3,(H,22,25)(H,23,26)/t11-,12-,13+/m0/s1. The summed E-state index contributed by atoms with van der Waals surface area (Å²) in [5.41, 5.74) is 1.53. The van der Waals surface area contributed by atoms with Gasteiger partial charge in [-0.1, -0.05) is 12.1 Å². The van der Waals surface area contributed by atoms with Gasteiger partial charge in [0.05, 0.1) is 11.4 Å². The predicted octanol–water partition coefficient (Wildman–Crippen LogP) is 2.55. The van der Waals surface area contributed by atoms with Gasteiger partial charge in [-0.15, -0.1) is 0 Å². The highest BCUT2D eigenvalue weighted by Gasteiger charge is 2.37. The van der Waals surface area contributed by atoms with Crippen molar-refractivity contribution in [2.45, 2.75) is 39.0 Å². The lowest BCUT2D eigenvalue weighted by atomic mass is 10.1. The maximum Gasteiger partial charge on any atom is 0.268 e. The highest BCUT2D eigenvalue weighted by Crippen LogP contribution is 2.36. The lowest BCUT2D eigenvalue weighted by molar-refractivity contribution is -0.128. The molecule has 8 heteroatoms. The fourth-order valence-corrected chi connectivity index (χ4v) is 3.36. The van der Waals surface area contributed by atoms with Crippen LogP contribution in [0.1, 0.15) is 20.8 Å². The van der Waals surface area contributed by atoms with Crippen molar-refractivity contribution in [3.63, 3.8) is 0 Å². The Hall–Kier alpha value is -3.55. The minimum atomic E-state index is -0.767. The monoisotopic (exact) mass is 395 g/mol. The topological polar surface area (TPSA) is 97.0 Å². The summed E-state index contributed by atoms with van der Waals surface area (Å²) in [4.78, 5) is 38.9. The van der Waals surface area contributed by atoms with E-state index < -0.39 is 18.2 Å². The smallest absolute Gasteiger partial charge is 0.268 e. The third-order valence-electron chi connectivity index (χ3n) is 4.96. The predicted molar refractivity (Wildman–Crippen MR) is 107 cm³/mol. The van der Waals surface area contributed by atoms with Crippen molar-refractivity contribution >= 4 is 34.8 Å². The van der Waals surface area contributed by atoms with E-state index in [1.54, 1.807) is 57.2 Å².